The number of likely N-dealkylation sites (tertiary alicyclic amines) is 1. The minimum absolute atomic E-state index is 0.0808. The average Bonchev–Trinajstić information content (AvgIpc) is 3.07. The van der Waals surface area contributed by atoms with Crippen molar-refractivity contribution in [2.75, 3.05) is 13.1 Å². The van der Waals surface area contributed by atoms with Crippen LogP contribution in [-0.4, -0.2) is 58.0 Å². The third-order valence-electron chi connectivity index (χ3n) is 7.63. The lowest BCUT2D eigenvalue weighted by Crippen LogP contribution is -2.57. The van der Waals surface area contributed by atoms with Gasteiger partial charge in [0.2, 0.25) is 5.91 Å². The second-order valence-electron chi connectivity index (χ2n) is 10.8. The molecule has 2 aromatic rings. The van der Waals surface area contributed by atoms with Gasteiger partial charge in [0, 0.05) is 25.9 Å². The number of hydrogen-bond donors (Lipinski definition) is 0. The number of ether oxygens (including phenoxy) is 1. The highest BCUT2D eigenvalue weighted by Gasteiger charge is 2.47. The van der Waals surface area contributed by atoms with Crippen LogP contribution in [0.15, 0.2) is 36.4 Å². The number of nitrogens with zero attached hydrogens (tertiary/aromatic N) is 2. The molecule has 3 aliphatic heterocycles. The average molecular weight is 489 g/mol. The van der Waals surface area contributed by atoms with Crippen molar-refractivity contribution in [1.82, 2.24) is 9.80 Å². The number of amides is 3. The van der Waals surface area contributed by atoms with Gasteiger partial charge in [0.25, 0.3) is 11.8 Å². The largest absolute Gasteiger partial charge is 0.486 e. The van der Waals surface area contributed by atoms with E-state index in [1.807, 2.05) is 39.8 Å². The fraction of sp³-hybridized carbons (Fsp3) is 0.448. The molecule has 0 bridgehead atoms. The summed E-state index contributed by atoms with van der Waals surface area (Å²) in [6, 6.07) is 9.78. The van der Waals surface area contributed by atoms with Crippen molar-refractivity contribution in [2.45, 2.75) is 65.0 Å². The number of hydrogen-bond acceptors (Lipinski definition) is 5. The molecule has 7 nitrogen and oxygen atoms in total. The Morgan fingerprint density at radius 2 is 1.61 bits per heavy atom. The highest BCUT2D eigenvalue weighted by atomic mass is 16.5. The number of piperidine rings is 1. The maximum absolute atomic E-state index is 13.8. The zero-order chi connectivity index (χ0) is 25.8. The van der Waals surface area contributed by atoms with E-state index >= 15 is 0 Å². The molecular weight excluding hydrogens is 456 g/mol. The monoisotopic (exact) mass is 488 g/mol. The number of Topliss-reactive ketones (excluding diaryl/α,β-unsaturated/α-hetero) is 1. The fourth-order valence-electron chi connectivity index (χ4n) is 5.90. The van der Waals surface area contributed by atoms with E-state index in [9.17, 15) is 19.2 Å². The van der Waals surface area contributed by atoms with E-state index in [-0.39, 0.29) is 17.6 Å². The van der Waals surface area contributed by atoms with Gasteiger partial charge >= 0.3 is 0 Å². The Morgan fingerprint density at radius 1 is 1.00 bits per heavy atom. The molecule has 3 heterocycles. The van der Waals surface area contributed by atoms with E-state index in [0.717, 1.165) is 16.0 Å². The van der Waals surface area contributed by atoms with Gasteiger partial charge in [-0.05, 0) is 55.5 Å². The zero-order valence-corrected chi connectivity index (χ0v) is 21.3. The number of fused-ring (bicyclic) bond motifs is 2. The molecule has 0 radical (unpaired) electrons. The smallest absolute Gasteiger partial charge is 0.262 e. The van der Waals surface area contributed by atoms with Crippen LogP contribution in [-0.2, 0) is 4.79 Å². The summed E-state index contributed by atoms with van der Waals surface area (Å²) in [4.78, 5) is 56.0. The number of carbonyl (C=O) groups is 4. The van der Waals surface area contributed by atoms with Crippen molar-refractivity contribution in [3.63, 3.8) is 0 Å². The molecule has 3 amide bonds. The lowest BCUT2D eigenvalue weighted by molar-refractivity contribution is -0.139. The minimum atomic E-state index is -0.855. The lowest BCUT2D eigenvalue weighted by Gasteiger charge is -2.45. The first kappa shape index (κ1) is 24.2. The molecule has 0 aromatic heterocycles. The number of imide groups is 1. The Bertz CT molecular complexity index is 1240. The predicted molar refractivity (Wildman–Crippen MR) is 134 cm³/mol. The van der Waals surface area contributed by atoms with Crippen LogP contribution in [0.5, 0.6) is 5.75 Å². The normalized spacial score (nSPS) is 19.4. The van der Waals surface area contributed by atoms with Crippen LogP contribution >= 0.6 is 0 Å². The number of ketones is 1. The summed E-state index contributed by atoms with van der Waals surface area (Å²) in [5.74, 6) is -0.216. The van der Waals surface area contributed by atoms with Gasteiger partial charge in [-0.2, -0.15) is 0 Å². The van der Waals surface area contributed by atoms with Gasteiger partial charge in [0.05, 0.1) is 23.1 Å². The number of benzene rings is 2. The molecule has 0 aliphatic carbocycles. The van der Waals surface area contributed by atoms with Crippen LogP contribution in [0.25, 0.3) is 0 Å². The SMILES string of the molecule is Cc1cc(C)c2c(c1)OC1(CCN(C(=O)C(CC(C)C)N3C(=O)c4ccccc4C3=O)CC1)CC2=O. The van der Waals surface area contributed by atoms with Gasteiger partial charge in [-0.3, -0.25) is 24.1 Å². The molecule has 1 spiro atoms. The number of rotatable bonds is 4. The van der Waals surface area contributed by atoms with E-state index < -0.39 is 23.5 Å². The van der Waals surface area contributed by atoms with Crippen LogP contribution in [0.4, 0.5) is 0 Å². The summed E-state index contributed by atoms with van der Waals surface area (Å²) >= 11 is 0. The van der Waals surface area contributed by atoms with Crippen LogP contribution in [0.3, 0.4) is 0 Å². The molecule has 1 fully saturated rings. The van der Waals surface area contributed by atoms with Crippen LogP contribution in [0.1, 0.15) is 81.7 Å². The van der Waals surface area contributed by atoms with Gasteiger partial charge in [-0.15, -0.1) is 0 Å². The molecule has 0 saturated carbocycles. The number of carbonyl (C=O) groups excluding carboxylic acids is 4. The van der Waals surface area contributed by atoms with Gasteiger partial charge in [0.15, 0.2) is 5.78 Å². The first-order valence-electron chi connectivity index (χ1n) is 12.7. The molecule has 0 N–H and O–H groups in total. The zero-order valence-electron chi connectivity index (χ0n) is 21.3. The summed E-state index contributed by atoms with van der Waals surface area (Å²) in [6.45, 7) is 8.69. The molecule has 188 valence electrons. The van der Waals surface area contributed by atoms with Crippen molar-refractivity contribution in [1.29, 1.82) is 0 Å². The van der Waals surface area contributed by atoms with Crippen molar-refractivity contribution in [3.8, 4) is 5.75 Å². The lowest BCUT2D eigenvalue weighted by atomic mass is 9.81. The standard InChI is InChI=1S/C29H32N2O5/c1-17(2)13-22(31-26(33)20-7-5-6-8-21(20)27(31)34)28(35)30-11-9-29(10-12-30)16-23(32)25-19(4)14-18(3)15-24(25)36-29/h5-8,14-15,17,22H,9-13,16H2,1-4H3. The maximum Gasteiger partial charge on any atom is 0.262 e. The first-order chi connectivity index (χ1) is 17.1. The molecular formula is C29H32N2O5. The third-order valence-corrected chi connectivity index (χ3v) is 7.63. The summed E-state index contributed by atoms with van der Waals surface area (Å²) in [6.07, 6.45) is 1.73. The Morgan fingerprint density at radius 3 is 2.19 bits per heavy atom. The van der Waals surface area contributed by atoms with Gasteiger partial charge in [-0.25, -0.2) is 0 Å². The Labute approximate surface area is 211 Å². The highest BCUT2D eigenvalue weighted by Crippen LogP contribution is 2.41. The third kappa shape index (κ3) is 4.00. The molecule has 1 saturated heterocycles. The predicted octanol–water partition coefficient (Wildman–Crippen LogP) is 4.34. The van der Waals surface area contributed by atoms with Crippen molar-refractivity contribution in [3.05, 3.63) is 64.2 Å². The van der Waals surface area contributed by atoms with E-state index in [1.165, 1.54) is 0 Å². The van der Waals surface area contributed by atoms with Gasteiger partial charge < -0.3 is 9.64 Å². The van der Waals surface area contributed by atoms with Crippen molar-refractivity contribution < 1.29 is 23.9 Å². The molecule has 36 heavy (non-hydrogen) atoms. The quantitative estimate of drug-likeness (QED) is 0.598. The number of aryl methyl sites for hydroxylation is 2. The van der Waals surface area contributed by atoms with Gasteiger partial charge in [0.1, 0.15) is 17.4 Å². The topological polar surface area (TPSA) is 84.0 Å². The molecule has 2 aromatic carbocycles. The van der Waals surface area contributed by atoms with Crippen molar-refractivity contribution in [2.24, 2.45) is 5.92 Å². The highest BCUT2D eigenvalue weighted by molar-refractivity contribution is 6.22. The molecule has 1 atom stereocenters. The fourth-order valence-corrected chi connectivity index (χ4v) is 5.90. The van der Waals surface area contributed by atoms with Gasteiger partial charge in [-0.1, -0.05) is 32.0 Å². The minimum Gasteiger partial charge on any atom is -0.486 e. The Kier molecular flexibility index (Phi) is 5.97. The summed E-state index contributed by atoms with van der Waals surface area (Å²) in [5.41, 5.74) is 2.69. The summed E-state index contributed by atoms with van der Waals surface area (Å²) in [7, 11) is 0. The molecule has 5 rings (SSSR count). The molecule has 7 heteroatoms. The van der Waals surface area contributed by atoms with Crippen molar-refractivity contribution >= 4 is 23.5 Å². The van der Waals surface area contributed by atoms with E-state index in [4.69, 9.17) is 4.74 Å². The Balaban J connectivity index is 1.35. The second kappa shape index (κ2) is 8.87. The summed E-state index contributed by atoms with van der Waals surface area (Å²) < 4.78 is 6.44. The second-order valence-corrected chi connectivity index (χ2v) is 10.8. The van der Waals surface area contributed by atoms with Crippen LogP contribution in [0, 0.1) is 19.8 Å². The molecule has 1 unspecified atom stereocenters. The van der Waals surface area contributed by atoms with E-state index in [2.05, 4.69) is 0 Å². The first-order valence-corrected chi connectivity index (χ1v) is 12.7. The van der Waals surface area contributed by atoms with Crippen LogP contribution < -0.4 is 4.74 Å². The maximum atomic E-state index is 13.8. The molecule has 3 aliphatic rings. The Hall–Kier alpha value is -3.48. The van der Waals surface area contributed by atoms with E-state index in [0.29, 0.717) is 61.2 Å². The summed E-state index contributed by atoms with van der Waals surface area (Å²) in [5, 5.41) is 0. The van der Waals surface area contributed by atoms with Crippen LogP contribution in [0.2, 0.25) is 0 Å². The van der Waals surface area contributed by atoms with E-state index in [1.54, 1.807) is 29.2 Å².